The first-order valence-corrected chi connectivity index (χ1v) is 8.24. The summed E-state index contributed by atoms with van der Waals surface area (Å²) in [6, 6.07) is 0. The molecule has 0 amide bonds. The molecule has 2 nitrogen and oxygen atoms in total. The van der Waals surface area contributed by atoms with E-state index in [4.69, 9.17) is 0 Å². The minimum absolute atomic E-state index is 0.454. The second-order valence-electron chi connectivity index (χ2n) is 5.55. The molecule has 1 rings (SSSR count). The van der Waals surface area contributed by atoms with Crippen LogP contribution in [0.2, 0.25) is 0 Å². The standard InChI is InChI=1S/C12H24O.C5H8O/c1-3-5-7-8-9-11-12(13)10-6-4-2;6-5-3-1-2-4-5/h3-11H2,1-2H3;1-4H2. The zero-order chi connectivity index (χ0) is 14.3. The zero-order valence-corrected chi connectivity index (χ0v) is 13.0. The predicted octanol–water partition coefficient (Wildman–Crippen LogP) is 5.24. The average molecular weight is 268 g/mol. The normalized spacial score (nSPS) is 14.1. The van der Waals surface area contributed by atoms with Gasteiger partial charge in [0.05, 0.1) is 0 Å². The third-order valence-corrected chi connectivity index (χ3v) is 3.53. The highest BCUT2D eigenvalue weighted by Gasteiger charge is 2.07. The van der Waals surface area contributed by atoms with Crippen molar-refractivity contribution in [2.75, 3.05) is 0 Å². The number of hydrogen-bond acceptors (Lipinski definition) is 2. The van der Waals surface area contributed by atoms with Gasteiger partial charge in [0.15, 0.2) is 0 Å². The van der Waals surface area contributed by atoms with E-state index < -0.39 is 0 Å². The van der Waals surface area contributed by atoms with Crippen LogP contribution in [-0.4, -0.2) is 11.6 Å². The smallest absolute Gasteiger partial charge is 0.132 e. The van der Waals surface area contributed by atoms with E-state index in [9.17, 15) is 9.59 Å². The Bertz CT molecular complexity index is 225. The number of rotatable bonds is 9. The molecule has 112 valence electrons. The van der Waals surface area contributed by atoms with Crippen LogP contribution in [0.1, 0.15) is 97.3 Å². The lowest BCUT2D eigenvalue weighted by atomic mass is 10.1. The van der Waals surface area contributed by atoms with Crippen LogP contribution in [0.5, 0.6) is 0 Å². The second kappa shape index (κ2) is 13.8. The van der Waals surface area contributed by atoms with Crippen LogP contribution in [0.25, 0.3) is 0 Å². The van der Waals surface area contributed by atoms with Crippen molar-refractivity contribution in [2.24, 2.45) is 0 Å². The van der Waals surface area contributed by atoms with Crippen molar-refractivity contribution in [3.05, 3.63) is 0 Å². The maximum Gasteiger partial charge on any atom is 0.132 e. The molecule has 0 atom stereocenters. The molecule has 0 aromatic heterocycles. The van der Waals surface area contributed by atoms with Crippen molar-refractivity contribution in [3.8, 4) is 0 Å². The van der Waals surface area contributed by atoms with E-state index in [0.29, 0.717) is 11.6 Å². The summed E-state index contributed by atoms with van der Waals surface area (Å²) in [5.74, 6) is 0.924. The van der Waals surface area contributed by atoms with Crippen LogP contribution in [-0.2, 0) is 9.59 Å². The summed E-state index contributed by atoms with van der Waals surface area (Å²) in [6.45, 7) is 4.35. The molecule has 0 heterocycles. The highest BCUT2D eigenvalue weighted by Crippen LogP contribution is 2.11. The first kappa shape index (κ1) is 18.3. The van der Waals surface area contributed by atoms with Gasteiger partial charge in [-0.2, -0.15) is 0 Å². The molecule has 0 aromatic carbocycles. The van der Waals surface area contributed by atoms with Crippen molar-refractivity contribution in [1.82, 2.24) is 0 Å². The first-order valence-electron chi connectivity index (χ1n) is 8.24. The minimum Gasteiger partial charge on any atom is -0.300 e. The van der Waals surface area contributed by atoms with Crippen molar-refractivity contribution < 1.29 is 9.59 Å². The molecule has 0 unspecified atom stereocenters. The average Bonchev–Trinajstić information content (AvgIpc) is 2.88. The summed E-state index contributed by atoms with van der Waals surface area (Å²) in [5, 5.41) is 0. The number of carbonyl (C=O) groups excluding carboxylic acids is 2. The maximum atomic E-state index is 11.2. The Kier molecular flexibility index (Phi) is 13.3. The Labute approximate surface area is 119 Å². The molecule has 0 bridgehead atoms. The summed E-state index contributed by atoms with van der Waals surface area (Å²) in [4.78, 5) is 21.5. The van der Waals surface area contributed by atoms with Crippen LogP contribution in [0.4, 0.5) is 0 Å². The molecule has 1 saturated carbocycles. The van der Waals surface area contributed by atoms with Gasteiger partial charge in [0.25, 0.3) is 0 Å². The highest BCUT2D eigenvalue weighted by atomic mass is 16.1. The van der Waals surface area contributed by atoms with Gasteiger partial charge in [0.1, 0.15) is 11.6 Å². The molecule has 0 N–H and O–H groups in total. The molecular weight excluding hydrogens is 236 g/mol. The molecule has 0 aliphatic heterocycles. The molecule has 0 radical (unpaired) electrons. The van der Waals surface area contributed by atoms with Gasteiger partial charge in [-0.05, 0) is 25.7 Å². The van der Waals surface area contributed by atoms with Gasteiger partial charge in [-0.15, -0.1) is 0 Å². The monoisotopic (exact) mass is 268 g/mol. The summed E-state index contributed by atoms with van der Waals surface area (Å²) < 4.78 is 0. The van der Waals surface area contributed by atoms with E-state index in [2.05, 4.69) is 13.8 Å². The number of carbonyl (C=O) groups is 2. The van der Waals surface area contributed by atoms with E-state index in [0.717, 1.165) is 57.8 Å². The fourth-order valence-electron chi connectivity index (χ4n) is 2.19. The molecule has 1 aliphatic carbocycles. The number of hydrogen-bond donors (Lipinski definition) is 0. The van der Waals surface area contributed by atoms with Crippen LogP contribution >= 0.6 is 0 Å². The van der Waals surface area contributed by atoms with Gasteiger partial charge in [-0.1, -0.05) is 46.0 Å². The molecular formula is C17H32O2. The van der Waals surface area contributed by atoms with Crippen LogP contribution in [0, 0.1) is 0 Å². The van der Waals surface area contributed by atoms with Gasteiger partial charge in [-0.3, -0.25) is 9.59 Å². The predicted molar refractivity (Wildman–Crippen MR) is 81.4 cm³/mol. The third-order valence-electron chi connectivity index (χ3n) is 3.53. The zero-order valence-electron chi connectivity index (χ0n) is 13.0. The van der Waals surface area contributed by atoms with Gasteiger partial charge in [0.2, 0.25) is 0 Å². The van der Waals surface area contributed by atoms with Crippen LogP contribution < -0.4 is 0 Å². The minimum atomic E-state index is 0.454. The molecule has 0 saturated heterocycles. The van der Waals surface area contributed by atoms with Gasteiger partial charge in [-0.25, -0.2) is 0 Å². The van der Waals surface area contributed by atoms with Crippen molar-refractivity contribution in [2.45, 2.75) is 97.3 Å². The Morgan fingerprint density at radius 2 is 1.37 bits per heavy atom. The largest absolute Gasteiger partial charge is 0.300 e. The van der Waals surface area contributed by atoms with Crippen molar-refractivity contribution in [3.63, 3.8) is 0 Å². The lowest BCUT2D eigenvalue weighted by molar-refractivity contribution is -0.119. The van der Waals surface area contributed by atoms with E-state index in [-0.39, 0.29) is 0 Å². The van der Waals surface area contributed by atoms with Gasteiger partial charge >= 0.3 is 0 Å². The molecule has 19 heavy (non-hydrogen) atoms. The fraction of sp³-hybridized carbons (Fsp3) is 0.882. The third kappa shape index (κ3) is 13.6. The molecule has 0 spiro atoms. The Morgan fingerprint density at radius 1 is 0.842 bits per heavy atom. The van der Waals surface area contributed by atoms with E-state index in [1.807, 2.05) is 0 Å². The topological polar surface area (TPSA) is 34.1 Å². The maximum absolute atomic E-state index is 11.2. The van der Waals surface area contributed by atoms with Crippen molar-refractivity contribution in [1.29, 1.82) is 0 Å². The van der Waals surface area contributed by atoms with Crippen LogP contribution in [0.3, 0.4) is 0 Å². The number of Topliss-reactive ketones (excluding diaryl/α,β-unsaturated/α-hetero) is 2. The SMILES string of the molecule is CCCCCCCC(=O)CCCC.O=C1CCCC1. The number of unbranched alkanes of at least 4 members (excludes halogenated alkanes) is 5. The van der Waals surface area contributed by atoms with Crippen LogP contribution in [0.15, 0.2) is 0 Å². The fourth-order valence-corrected chi connectivity index (χ4v) is 2.19. The summed E-state index contributed by atoms with van der Waals surface area (Å²) >= 11 is 0. The Balaban J connectivity index is 0.000000443. The quantitative estimate of drug-likeness (QED) is 0.536. The highest BCUT2D eigenvalue weighted by molar-refractivity contribution is 5.80. The molecule has 1 aliphatic rings. The van der Waals surface area contributed by atoms with Crippen molar-refractivity contribution >= 4 is 11.6 Å². The number of ketones is 2. The Morgan fingerprint density at radius 3 is 1.84 bits per heavy atom. The lowest BCUT2D eigenvalue weighted by Gasteiger charge is -1.99. The summed E-state index contributed by atoms with van der Waals surface area (Å²) in [5.41, 5.74) is 0. The second-order valence-corrected chi connectivity index (χ2v) is 5.55. The lowest BCUT2D eigenvalue weighted by Crippen LogP contribution is -1.96. The summed E-state index contributed by atoms with van der Waals surface area (Å²) in [7, 11) is 0. The van der Waals surface area contributed by atoms with E-state index >= 15 is 0 Å². The Hall–Kier alpha value is -0.660. The van der Waals surface area contributed by atoms with Gasteiger partial charge in [0, 0.05) is 25.7 Å². The molecule has 0 aromatic rings. The molecule has 1 fully saturated rings. The summed E-state index contributed by atoms with van der Waals surface area (Å²) in [6.07, 6.45) is 14.1. The van der Waals surface area contributed by atoms with E-state index in [1.165, 1.54) is 25.7 Å². The molecule has 2 heteroatoms. The van der Waals surface area contributed by atoms with E-state index in [1.54, 1.807) is 0 Å². The first-order chi connectivity index (χ1) is 9.20. The van der Waals surface area contributed by atoms with Gasteiger partial charge < -0.3 is 0 Å².